The van der Waals surface area contributed by atoms with E-state index >= 15 is 0 Å². The van der Waals surface area contributed by atoms with Crippen LogP contribution in [-0.4, -0.2) is 55.0 Å². The first-order chi connectivity index (χ1) is 15.3. The van der Waals surface area contributed by atoms with Gasteiger partial charge in [0.25, 0.3) is 11.7 Å². The van der Waals surface area contributed by atoms with Gasteiger partial charge in [-0.2, -0.15) is 0 Å². The second kappa shape index (κ2) is 10.3. The zero-order valence-corrected chi connectivity index (χ0v) is 20.5. The van der Waals surface area contributed by atoms with Gasteiger partial charge in [0, 0.05) is 42.5 Å². The molecule has 1 N–H and O–H groups in total. The minimum absolute atomic E-state index is 0.100. The predicted octanol–water partition coefficient (Wildman–Crippen LogP) is 4.67. The Morgan fingerprint density at radius 2 is 1.78 bits per heavy atom. The lowest BCUT2D eigenvalue weighted by atomic mass is 9.94. The maximum absolute atomic E-state index is 13.0. The molecule has 1 aliphatic rings. The van der Waals surface area contributed by atoms with Gasteiger partial charge in [-0.05, 0) is 56.2 Å². The standard InChI is InChI=1S/C25H29BrN2O4/c1-5-27(6-2)19-10-7-17(8-11-19)22-21(24(30)25(31)28(22)13-14-32-4)23(29)18-9-12-20(26)16(3)15-18/h7-12,15,22,29H,5-6,13-14H2,1-4H3/b23-21-. The van der Waals surface area contributed by atoms with E-state index in [2.05, 4.69) is 34.7 Å². The average molecular weight is 501 g/mol. The maximum Gasteiger partial charge on any atom is 0.295 e. The number of hydrogen-bond donors (Lipinski definition) is 1. The Balaban J connectivity index is 2.12. The number of amides is 1. The van der Waals surface area contributed by atoms with E-state index in [0.29, 0.717) is 12.2 Å². The number of anilines is 1. The van der Waals surface area contributed by atoms with E-state index in [4.69, 9.17) is 4.74 Å². The highest BCUT2D eigenvalue weighted by molar-refractivity contribution is 9.10. The van der Waals surface area contributed by atoms with Crippen LogP contribution in [0.4, 0.5) is 5.69 Å². The van der Waals surface area contributed by atoms with Gasteiger partial charge in [-0.1, -0.05) is 34.1 Å². The lowest BCUT2D eigenvalue weighted by Gasteiger charge is -2.26. The van der Waals surface area contributed by atoms with Crippen molar-refractivity contribution in [3.63, 3.8) is 0 Å². The third-order valence-electron chi connectivity index (χ3n) is 5.85. The number of aliphatic hydroxyl groups is 1. The summed E-state index contributed by atoms with van der Waals surface area (Å²) >= 11 is 3.46. The zero-order chi connectivity index (χ0) is 23.4. The van der Waals surface area contributed by atoms with Crippen LogP contribution >= 0.6 is 15.9 Å². The van der Waals surface area contributed by atoms with Crippen LogP contribution in [-0.2, 0) is 14.3 Å². The topological polar surface area (TPSA) is 70.1 Å². The van der Waals surface area contributed by atoms with Crippen molar-refractivity contribution < 1.29 is 19.4 Å². The number of carbonyl (C=O) groups is 2. The number of aliphatic hydroxyl groups excluding tert-OH is 1. The molecule has 0 saturated carbocycles. The van der Waals surface area contributed by atoms with E-state index < -0.39 is 17.7 Å². The van der Waals surface area contributed by atoms with Crippen molar-refractivity contribution in [2.75, 3.05) is 38.3 Å². The van der Waals surface area contributed by atoms with Gasteiger partial charge in [0.1, 0.15) is 5.76 Å². The highest BCUT2D eigenvalue weighted by Crippen LogP contribution is 2.40. The lowest BCUT2D eigenvalue weighted by Crippen LogP contribution is -2.32. The summed E-state index contributed by atoms with van der Waals surface area (Å²) in [5.41, 5.74) is 3.36. The molecule has 0 aliphatic carbocycles. The minimum Gasteiger partial charge on any atom is -0.507 e. The first-order valence-electron chi connectivity index (χ1n) is 10.7. The fourth-order valence-corrected chi connectivity index (χ4v) is 4.30. The Bertz CT molecular complexity index is 1030. The van der Waals surface area contributed by atoms with Crippen LogP contribution in [0, 0.1) is 6.92 Å². The summed E-state index contributed by atoms with van der Waals surface area (Å²) in [5, 5.41) is 11.1. The Kier molecular flexibility index (Phi) is 7.74. The number of likely N-dealkylation sites (tertiary alicyclic amines) is 1. The number of halogens is 1. The number of methoxy groups -OCH3 is 1. The van der Waals surface area contributed by atoms with E-state index in [1.165, 1.54) is 4.90 Å². The van der Waals surface area contributed by atoms with Gasteiger partial charge in [-0.25, -0.2) is 0 Å². The van der Waals surface area contributed by atoms with Crippen molar-refractivity contribution in [3.8, 4) is 0 Å². The van der Waals surface area contributed by atoms with Gasteiger partial charge in [0.15, 0.2) is 0 Å². The molecule has 0 radical (unpaired) electrons. The molecule has 3 rings (SSSR count). The van der Waals surface area contributed by atoms with Gasteiger partial charge in [-0.15, -0.1) is 0 Å². The quantitative estimate of drug-likeness (QED) is 0.324. The van der Waals surface area contributed by atoms with Crippen molar-refractivity contribution in [2.24, 2.45) is 0 Å². The van der Waals surface area contributed by atoms with E-state index in [9.17, 15) is 14.7 Å². The molecule has 1 amide bonds. The van der Waals surface area contributed by atoms with Gasteiger partial charge < -0.3 is 19.6 Å². The molecule has 2 aromatic rings. The maximum atomic E-state index is 13.0. The van der Waals surface area contributed by atoms with Crippen LogP contribution in [0.1, 0.15) is 36.6 Å². The molecule has 6 nitrogen and oxygen atoms in total. The molecule has 1 fully saturated rings. The Morgan fingerprint density at radius 1 is 1.12 bits per heavy atom. The number of aryl methyl sites for hydroxylation is 1. The molecule has 170 valence electrons. The van der Waals surface area contributed by atoms with Crippen molar-refractivity contribution in [2.45, 2.75) is 26.8 Å². The number of carbonyl (C=O) groups excluding carboxylic acids is 2. The molecular weight excluding hydrogens is 472 g/mol. The fraction of sp³-hybridized carbons (Fsp3) is 0.360. The second-order valence-corrected chi connectivity index (χ2v) is 8.57. The van der Waals surface area contributed by atoms with Crippen molar-refractivity contribution in [1.29, 1.82) is 0 Å². The normalized spacial score (nSPS) is 17.8. The first-order valence-corrected chi connectivity index (χ1v) is 11.5. The first kappa shape index (κ1) is 24.0. The van der Waals surface area contributed by atoms with Crippen LogP contribution in [0.25, 0.3) is 5.76 Å². The molecule has 0 aromatic heterocycles. The summed E-state index contributed by atoms with van der Waals surface area (Å²) in [4.78, 5) is 29.6. The molecule has 1 heterocycles. The number of rotatable bonds is 8. The molecule has 1 atom stereocenters. The van der Waals surface area contributed by atoms with Gasteiger partial charge in [0.2, 0.25) is 0 Å². The average Bonchev–Trinajstić information content (AvgIpc) is 3.05. The van der Waals surface area contributed by atoms with E-state index in [-0.39, 0.29) is 17.9 Å². The third kappa shape index (κ3) is 4.59. The van der Waals surface area contributed by atoms with E-state index in [1.807, 2.05) is 37.3 Å². The highest BCUT2D eigenvalue weighted by atomic mass is 79.9. The molecule has 2 aromatic carbocycles. The predicted molar refractivity (Wildman–Crippen MR) is 130 cm³/mol. The lowest BCUT2D eigenvalue weighted by molar-refractivity contribution is -0.140. The molecule has 0 bridgehead atoms. The largest absolute Gasteiger partial charge is 0.507 e. The molecule has 0 spiro atoms. The third-order valence-corrected chi connectivity index (χ3v) is 6.73. The summed E-state index contributed by atoms with van der Waals surface area (Å²) < 4.78 is 6.07. The monoisotopic (exact) mass is 500 g/mol. The molecule has 1 unspecified atom stereocenters. The van der Waals surface area contributed by atoms with Crippen molar-refractivity contribution >= 4 is 39.1 Å². The van der Waals surface area contributed by atoms with Crippen LogP contribution in [0.2, 0.25) is 0 Å². The summed E-state index contributed by atoms with van der Waals surface area (Å²) in [6.45, 7) is 8.39. The summed E-state index contributed by atoms with van der Waals surface area (Å²) in [5.74, 6) is -1.48. The highest BCUT2D eigenvalue weighted by Gasteiger charge is 2.45. The van der Waals surface area contributed by atoms with E-state index in [0.717, 1.165) is 34.4 Å². The SMILES string of the molecule is CCN(CC)c1ccc(C2/C(=C(/O)c3ccc(Br)c(C)c3)C(=O)C(=O)N2CCOC)cc1. The molecule has 1 aliphatic heterocycles. The zero-order valence-electron chi connectivity index (χ0n) is 18.9. The molecule has 1 saturated heterocycles. The second-order valence-electron chi connectivity index (χ2n) is 7.71. The molecule has 7 heteroatoms. The van der Waals surface area contributed by atoms with Crippen LogP contribution in [0.5, 0.6) is 0 Å². The van der Waals surface area contributed by atoms with Crippen LogP contribution < -0.4 is 4.90 Å². The molecule has 32 heavy (non-hydrogen) atoms. The summed E-state index contributed by atoms with van der Waals surface area (Å²) in [6.07, 6.45) is 0. The number of Topliss-reactive ketones (excluding diaryl/α,β-unsaturated/α-hetero) is 1. The van der Waals surface area contributed by atoms with Gasteiger partial charge >= 0.3 is 0 Å². The van der Waals surface area contributed by atoms with E-state index in [1.54, 1.807) is 19.2 Å². The summed E-state index contributed by atoms with van der Waals surface area (Å²) in [6, 6.07) is 12.5. The number of ether oxygens (including phenoxy) is 1. The number of benzene rings is 2. The smallest absolute Gasteiger partial charge is 0.295 e. The summed E-state index contributed by atoms with van der Waals surface area (Å²) in [7, 11) is 1.55. The fourth-order valence-electron chi connectivity index (χ4n) is 4.05. The number of nitrogens with zero attached hydrogens (tertiary/aromatic N) is 2. The number of ketones is 1. The Hall–Kier alpha value is -2.64. The Morgan fingerprint density at radius 3 is 2.34 bits per heavy atom. The molecular formula is C25H29BrN2O4. The van der Waals surface area contributed by atoms with Crippen LogP contribution in [0.3, 0.4) is 0 Å². The van der Waals surface area contributed by atoms with Crippen molar-refractivity contribution in [3.05, 3.63) is 69.2 Å². The van der Waals surface area contributed by atoms with Crippen molar-refractivity contribution in [1.82, 2.24) is 4.90 Å². The van der Waals surface area contributed by atoms with Gasteiger partial charge in [0.05, 0.1) is 18.2 Å². The van der Waals surface area contributed by atoms with Crippen LogP contribution in [0.15, 0.2) is 52.5 Å². The Labute approximate surface area is 197 Å². The van der Waals surface area contributed by atoms with Gasteiger partial charge in [-0.3, -0.25) is 9.59 Å². The number of hydrogen-bond acceptors (Lipinski definition) is 5. The minimum atomic E-state index is -0.683.